The highest BCUT2D eigenvalue weighted by Gasteiger charge is 2.23. The smallest absolute Gasteiger partial charge is 0.160 e. The first-order chi connectivity index (χ1) is 30.2. The average molecular weight is 779 g/mol. The standard InChI is InChI=1S/C57H38N4/c1-6-18-39(19-7-1)40-30-32-43(33-31-40)57-59-51(41-20-8-2-9-21-41)38-52(60-57)45-34-35-50-49(36-45)54-48-29-17-16-24-44(48)37-53(55(54)56(58-50)42-22-10-3-11-23-42)61(46-25-12-4-13-26-46)47-27-14-5-15-28-47/h1-38H. The van der Waals surface area contributed by atoms with E-state index in [9.17, 15) is 0 Å². The summed E-state index contributed by atoms with van der Waals surface area (Å²) in [6, 6.07) is 80.9. The van der Waals surface area contributed by atoms with Crippen molar-refractivity contribution in [2.45, 2.75) is 0 Å². The molecule has 0 fully saturated rings. The second-order valence-electron chi connectivity index (χ2n) is 15.2. The van der Waals surface area contributed by atoms with Gasteiger partial charge in [-0.2, -0.15) is 0 Å². The van der Waals surface area contributed by atoms with Crippen molar-refractivity contribution < 1.29 is 0 Å². The first-order valence-electron chi connectivity index (χ1n) is 20.6. The maximum atomic E-state index is 5.55. The number of pyridine rings is 1. The quantitative estimate of drug-likeness (QED) is 0.144. The minimum Gasteiger partial charge on any atom is -0.310 e. The fraction of sp³-hybridized carbons (Fsp3) is 0. The molecule has 0 spiro atoms. The van der Waals surface area contributed by atoms with E-state index in [1.807, 2.05) is 12.1 Å². The average Bonchev–Trinajstić information content (AvgIpc) is 3.35. The summed E-state index contributed by atoms with van der Waals surface area (Å²) < 4.78 is 0. The lowest BCUT2D eigenvalue weighted by atomic mass is 9.92. The fourth-order valence-electron chi connectivity index (χ4n) is 8.51. The zero-order valence-corrected chi connectivity index (χ0v) is 33.2. The lowest BCUT2D eigenvalue weighted by Crippen LogP contribution is -2.11. The van der Waals surface area contributed by atoms with Crippen LogP contribution in [0.25, 0.3) is 88.7 Å². The fourth-order valence-corrected chi connectivity index (χ4v) is 8.51. The molecule has 9 aromatic carbocycles. The highest BCUT2D eigenvalue weighted by molar-refractivity contribution is 6.27. The van der Waals surface area contributed by atoms with Gasteiger partial charge in [0.1, 0.15) is 0 Å². The Hall–Kier alpha value is -8.21. The van der Waals surface area contributed by atoms with E-state index in [1.54, 1.807) is 0 Å². The maximum absolute atomic E-state index is 5.55. The monoisotopic (exact) mass is 778 g/mol. The summed E-state index contributed by atoms with van der Waals surface area (Å²) in [5.41, 5.74) is 13.1. The number of para-hydroxylation sites is 2. The lowest BCUT2D eigenvalue weighted by Gasteiger charge is -2.28. The van der Waals surface area contributed by atoms with E-state index in [2.05, 4.69) is 223 Å². The summed E-state index contributed by atoms with van der Waals surface area (Å²) in [4.78, 5) is 18.4. The van der Waals surface area contributed by atoms with E-state index in [4.69, 9.17) is 15.0 Å². The van der Waals surface area contributed by atoms with E-state index < -0.39 is 0 Å². The molecule has 0 aliphatic heterocycles. The van der Waals surface area contributed by atoms with Crippen molar-refractivity contribution in [3.05, 3.63) is 231 Å². The van der Waals surface area contributed by atoms with Crippen molar-refractivity contribution in [3.63, 3.8) is 0 Å². The van der Waals surface area contributed by atoms with Crippen LogP contribution in [0, 0.1) is 0 Å². The Bertz CT molecular complexity index is 3280. The molecule has 2 heterocycles. The number of fused-ring (bicyclic) bond motifs is 5. The molecule has 11 aromatic rings. The van der Waals surface area contributed by atoms with Crippen LogP contribution in [0.1, 0.15) is 0 Å². The molecule has 0 aliphatic carbocycles. The number of nitrogens with zero attached hydrogens (tertiary/aromatic N) is 4. The van der Waals surface area contributed by atoms with Crippen molar-refractivity contribution in [1.82, 2.24) is 15.0 Å². The van der Waals surface area contributed by atoms with Crippen LogP contribution >= 0.6 is 0 Å². The van der Waals surface area contributed by atoms with Crippen LogP contribution in [0.2, 0.25) is 0 Å². The number of aromatic nitrogens is 3. The molecule has 286 valence electrons. The van der Waals surface area contributed by atoms with Crippen LogP contribution in [-0.4, -0.2) is 15.0 Å². The third kappa shape index (κ3) is 6.76. The van der Waals surface area contributed by atoms with Gasteiger partial charge < -0.3 is 4.90 Å². The van der Waals surface area contributed by atoms with Gasteiger partial charge in [0.25, 0.3) is 0 Å². The molecule has 4 heteroatoms. The van der Waals surface area contributed by atoms with Crippen LogP contribution in [0.4, 0.5) is 17.1 Å². The molecule has 11 rings (SSSR count). The number of hydrogen-bond acceptors (Lipinski definition) is 4. The Morgan fingerprint density at radius 3 is 1.44 bits per heavy atom. The van der Waals surface area contributed by atoms with Gasteiger partial charge in [0.2, 0.25) is 0 Å². The summed E-state index contributed by atoms with van der Waals surface area (Å²) in [6.07, 6.45) is 0. The summed E-state index contributed by atoms with van der Waals surface area (Å²) >= 11 is 0. The van der Waals surface area contributed by atoms with Crippen molar-refractivity contribution in [1.29, 1.82) is 0 Å². The molecule has 2 aromatic heterocycles. The number of hydrogen-bond donors (Lipinski definition) is 0. The van der Waals surface area contributed by atoms with Gasteiger partial charge in [0.05, 0.1) is 28.3 Å². The molecule has 0 amide bonds. The number of rotatable bonds is 8. The summed E-state index contributed by atoms with van der Waals surface area (Å²) in [7, 11) is 0. The van der Waals surface area contributed by atoms with Gasteiger partial charge in [0.15, 0.2) is 5.82 Å². The molecule has 4 nitrogen and oxygen atoms in total. The Morgan fingerprint density at radius 2 is 0.803 bits per heavy atom. The third-order valence-corrected chi connectivity index (χ3v) is 11.4. The largest absolute Gasteiger partial charge is 0.310 e. The topological polar surface area (TPSA) is 41.9 Å². The van der Waals surface area contributed by atoms with Crippen LogP contribution in [0.15, 0.2) is 231 Å². The molecule has 0 unspecified atom stereocenters. The second-order valence-corrected chi connectivity index (χ2v) is 15.2. The Morgan fingerprint density at radius 1 is 0.311 bits per heavy atom. The first kappa shape index (κ1) is 35.9. The van der Waals surface area contributed by atoms with E-state index in [0.717, 1.165) is 94.4 Å². The normalized spacial score (nSPS) is 11.3. The maximum Gasteiger partial charge on any atom is 0.160 e. The van der Waals surface area contributed by atoms with Crippen LogP contribution in [-0.2, 0) is 0 Å². The predicted octanol–water partition coefficient (Wildman–Crippen LogP) is 15.1. The second kappa shape index (κ2) is 15.5. The molecular formula is C57H38N4. The van der Waals surface area contributed by atoms with E-state index in [1.165, 1.54) is 5.56 Å². The van der Waals surface area contributed by atoms with Crippen LogP contribution in [0.3, 0.4) is 0 Å². The molecule has 61 heavy (non-hydrogen) atoms. The lowest BCUT2D eigenvalue weighted by molar-refractivity contribution is 1.18. The van der Waals surface area contributed by atoms with Gasteiger partial charge in [-0.1, -0.05) is 182 Å². The van der Waals surface area contributed by atoms with Crippen LogP contribution < -0.4 is 4.90 Å². The zero-order valence-electron chi connectivity index (χ0n) is 33.2. The molecule has 0 radical (unpaired) electrons. The minimum absolute atomic E-state index is 0.674. The van der Waals surface area contributed by atoms with Crippen LogP contribution in [0.5, 0.6) is 0 Å². The first-order valence-corrected chi connectivity index (χ1v) is 20.6. The summed E-state index contributed by atoms with van der Waals surface area (Å²) in [5.74, 6) is 0.674. The Balaban J connectivity index is 1.18. The molecule has 0 N–H and O–H groups in total. The van der Waals surface area contributed by atoms with Crippen molar-refractivity contribution in [3.8, 4) is 56.3 Å². The third-order valence-electron chi connectivity index (χ3n) is 11.4. The molecule has 0 bridgehead atoms. The predicted molar refractivity (Wildman–Crippen MR) is 254 cm³/mol. The Labute approximate surface area is 354 Å². The molecular weight excluding hydrogens is 741 g/mol. The SMILES string of the molecule is c1ccc(-c2ccc(-c3nc(-c4ccccc4)cc(-c4ccc5nc(-c6ccccc6)c6c(N(c7ccccc7)c7ccccc7)cc7ccccc7c6c5c4)n3)cc2)cc1. The highest BCUT2D eigenvalue weighted by atomic mass is 15.1. The van der Waals surface area contributed by atoms with E-state index in [-0.39, 0.29) is 0 Å². The molecule has 0 saturated carbocycles. The van der Waals surface area contributed by atoms with Crippen molar-refractivity contribution >= 4 is 49.5 Å². The van der Waals surface area contributed by atoms with Gasteiger partial charge in [-0.25, -0.2) is 15.0 Å². The molecule has 0 atom stereocenters. The highest BCUT2D eigenvalue weighted by Crippen LogP contribution is 2.47. The van der Waals surface area contributed by atoms with E-state index in [0.29, 0.717) is 5.82 Å². The summed E-state index contributed by atoms with van der Waals surface area (Å²) in [5, 5.41) is 5.59. The van der Waals surface area contributed by atoms with Gasteiger partial charge in [-0.3, -0.25) is 0 Å². The Kier molecular flexibility index (Phi) is 9.14. The van der Waals surface area contributed by atoms with Gasteiger partial charge >= 0.3 is 0 Å². The minimum atomic E-state index is 0.674. The zero-order chi connectivity index (χ0) is 40.5. The molecule has 0 saturated heterocycles. The molecule has 0 aliphatic rings. The van der Waals surface area contributed by atoms with Gasteiger partial charge in [0, 0.05) is 49.8 Å². The summed E-state index contributed by atoms with van der Waals surface area (Å²) in [6.45, 7) is 0. The van der Waals surface area contributed by atoms with Gasteiger partial charge in [-0.15, -0.1) is 0 Å². The number of anilines is 3. The van der Waals surface area contributed by atoms with E-state index >= 15 is 0 Å². The van der Waals surface area contributed by atoms with Crippen molar-refractivity contribution in [2.75, 3.05) is 4.90 Å². The van der Waals surface area contributed by atoms with Gasteiger partial charge in [-0.05, 0) is 70.4 Å². The number of benzene rings is 9. The van der Waals surface area contributed by atoms with Crippen molar-refractivity contribution in [2.24, 2.45) is 0 Å².